The van der Waals surface area contributed by atoms with E-state index in [9.17, 15) is 4.79 Å². The maximum Gasteiger partial charge on any atom is 0.314 e. The van der Waals surface area contributed by atoms with E-state index in [4.69, 9.17) is 5.26 Å². The van der Waals surface area contributed by atoms with Crippen LogP contribution in [0.3, 0.4) is 0 Å². The molecule has 0 saturated heterocycles. The number of nitrogens with one attached hydrogen (secondary N) is 2. The molecule has 0 fully saturated rings. The molecule has 80 valence electrons. The Balaban J connectivity index is 3.15. The van der Waals surface area contributed by atoms with Gasteiger partial charge in [-0.15, -0.1) is 0 Å². The first-order chi connectivity index (χ1) is 6.81. The monoisotopic (exact) mass is 215 g/mol. The molecule has 0 aliphatic carbocycles. The third-order valence-corrected chi connectivity index (χ3v) is 2.46. The van der Waals surface area contributed by atoms with Crippen LogP contribution in [-0.2, 0) is 0 Å². The van der Waals surface area contributed by atoms with Gasteiger partial charge < -0.3 is 10.6 Å². The molecule has 0 aliphatic heterocycles. The van der Waals surface area contributed by atoms with E-state index in [0.717, 1.165) is 17.9 Å². The average Bonchev–Trinajstić information content (AvgIpc) is 2.18. The highest BCUT2D eigenvalue weighted by atomic mass is 32.2. The van der Waals surface area contributed by atoms with Crippen LogP contribution in [0, 0.1) is 11.3 Å². The Morgan fingerprint density at radius 3 is 2.79 bits per heavy atom. The van der Waals surface area contributed by atoms with Crippen LogP contribution in [0.1, 0.15) is 19.8 Å². The minimum absolute atomic E-state index is 0.179. The van der Waals surface area contributed by atoms with Crippen molar-refractivity contribution in [2.75, 3.05) is 24.6 Å². The summed E-state index contributed by atoms with van der Waals surface area (Å²) in [5.41, 5.74) is 0. The van der Waals surface area contributed by atoms with Crippen LogP contribution >= 0.6 is 11.8 Å². The number of urea groups is 1. The highest BCUT2D eigenvalue weighted by Gasteiger charge is 1.96. The van der Waals surface area contributed by atoms with Crippen LogP contribution in [0.15, 0.2) is 0 Å². The molecule has 2 amide bonds. The first-order valence-corrected chi connectivity index (χ1v) is 5.93. The molecule has 0 saturated carbocycles. The van der Waals surface area contributed by atoms with E-state index in [0.29, 0.717) is 19.5 Å². The minimum atomic E-state index is -0.179. The van der Waals surface area contributed by atoms with Gasteiger partial charge in [0, 0.05) is 13.1 Å². The van der Waals surface area contributed by atoms with E-state index in [1.807, 2.05) is 17.8 Å². The molecule has 0 aromatic carbocycles. The van der Waals surface area contributed by atoms with Crippen LogP contribution in [0.25, 0.3) is 0 Å². The van der Waals surface area contributed by atoms with Crippen molar-refractivity contribution in [1.29, 1.82) is 5.26 Å². The molecule has 0 aromatic heterocycles. The van der Waals surface area contributed by atoms with E-state index in [1.54, 1.807) is 0 Å². The highest BCUT2D eigenvalue weighted by molar-refractivity contribution is 7.99. The molecule has 0 rings (SSSR count). The van der Waals surface area contributed by atoms with Crippen LogP contribution < -0.4 is 10.6 Å². The molecule has 0 bridgehead atoms. The van der Waals surface area contributed by atoms with Crippen molar-refractivity contribution in [2.45, 2.75) is 19.8 Å². The summed E-state index contributed by atoms with van der Waals surface area (Å²) >= 11 is 1.87. The number of carbonyl (C=O) groups excluding carboxylic acids is 1. The Kier molecular flexibility index (Phi) is 9.54. The smallest absolute Gasteiger partial charge is 0.314 e. The van der Waals surface area contributed by atoms with Gasteiger partial charge in [-0.3, -0.25) is 0 Å². The summed E-state index contributed by atoms with van der Waals surface area (Å²) in [6.45, 7) is 3.24. The van der Waals surface area contributed by atoms with E-state index in [1.165, 1.54) is 0 Å². The maximum absolute atomic E-state index is 11.0. The third kappa shape index (κ3) is 9.20. The second-order valence-corrected chi connectivity index (χ2v) is 4.04. The summed E-state index contributed by atoms with van der Waals surface area (Å²) in [5, 5.41) is 13.6. The van der Waals surface area contributed by atoms with Gasteiger partial charge in [-0.1, -0.05) is 6.92 Å². The van der Waals surface area contributed by atoms with Crippen molar-refractivity contribution >= 4 is 17.8 Å². The van der Waals surface area contributed by atoms with Gasteiger partial charge in [-0.2, -0.15) is 17.0 Å². The fraction of sp³-hybridized carbons (Fsp3) is 0.778. The van der Waals surface area contributed by atoms with E-state index >= 15 is 0 Å². The Hall–Kier alpha value is -0.890. The number of nitriles is 1. The summed E-state index contributed by atoms with van der Waals surface area (Å²) in [7, 11) is 0. The Labute approximate surface area is 89.4 Å². The van der Waals surface area contributed by atoms with Gasteiger partial charge in [-0.05, 0) is 17.9 Å². The average molecular weight is 215 g/mol. The van der Waals surface area contributed by atoms with Crippen molar-refractivity contribution in [3.8, 4) is 6.07 Å². The molecule has 5 heteroatoms. The second-order valence-electron chi connectivity index (χ2n) is 2.64. The van der Waals surface area contributed by atoms with Gasteiger partial charge in [0.1, 0.15) is 0 Å². The lowest BCUT2D eigenvalue weighted by molar-refractivity contribution is 0.241. The lowest BCUT2D eigenvalue weighted by Crippen LogP contribution is -2.36. The Bertz CT molecular complexity index is 191. The van der Waals surface area contributed by atoms with Crippen LogP contribution in [-0.4, -0.2) is 30.6 Å². The first-order valence-electron chi connectivity index (χ1n) is 4.77. The lowest BCUT2D eigenvalue weighted by Gasteiger charge is -2.05. The summed E-state index contributed by atoms with van der Waals surface area (Å²) in [6.07, 6.45) is 1.35. The zero-order valence-corrected chi connectivity index (χ0v) is 9.32. The highest BCUT2D eigenvalue weighted by Crippen LogP contribution is 1.99. The number of hydrogen-bond acceptors (Lipinski definition) is 3. The summed E-state index contributed by atoms with van der Waals surface area (Å²) in [5.74, 6) is 2.20. The fourth-order valence-corrected chi connectivity index (χ4v) is 1.45. The molecule has 0 atom stereocenters. The van der Waals surface area contributed by atoms with Gasteiger partial charge in [0.05, 0.1) is 12.5 Å². The van der Waals surface area contributed by atoms with Crippen LogP contribution in [0.4, 0.5) is 4.79 Å². The number of thioether (sulfide) groups is 1. The summed E-state index contributed by atoms with van der Waals surface area (Å²) < 4.78 is 0. The molecule has 0 spiro atoms. The second kappa shape index (κ2) is 10.2. The summed E-state index contributed by atoms with van der Waals surface area (Å²) in [6, 6.07) is 1.78. The largest absolute Gasteiger partial charge is 0.338 e. The number of nitrogens with zero attached hydrogens (tertiary/aromatic N) is 1. The minimum Gasteiger partial charge on any atom is -0.338 e. The third-order valence-electron chi connectivity index (χ3n) is 1.48. The predicted octanol–water partition coefficient (Wildman–Crippen LogP) is 1.34. The van der Waals surface area contributed by atoms with Crippen molar-refractivity contribution in [2.24, 2.45) is 0 Å². The van der Waals surface area contributed by atoms with Crippen molar-refractivity contribution in [1.82, 2.24) is 10.6 Å². The topological polar surface area (TPSA) is 64.9 Å². The van der Waals surface area contributed by atoms with Crippen LogP contribution in [0.5, 0.6) is 0 Å². The summed E-state index contributed by atoms with van der Waals surface area (Å²) in [4.78, 5) is 11.0. The van der Waals surface area contributed by atoms with E-state index < -0.39 is 0 Å². The quantitative estimate of drug-likeness (QED) is 0.630. The number of rotatable bonds is 7. The zero-order chi connectivity index (χ0) is 10.6. The Morgan fingerprint density at radius 2 is 2.14 bits per heavy atom. The van der Waals surface area contributed by atoms with Gasteiger partial charge >= 0.3 is 6.03 Å². The molecule has 14 heavy (non-hydrogen) atoms. The normalized spacial score (nSPS) is 9.14. The zero-order valence-electron chi connectivity index (χ0n) is 8.51. The Morgan fingerprint density at radius 1 is 1.43 bits per heavy atom. The molecule has 0 radical (unpaired) electrons. The number of amides is 2. The van der Waals surface area contributed by atoms with E-state index in [2.05, 4.69) is 17.6 Å². The number of carbonyl (C=O) groups is 1. The fourth-order valence-electron chi connectivity index (χ4n) is 0.815. The van der Waals surface area contributed by atoms with Crippen molar-refractivity contribution in [3.63, 3.8) is 0 Å². The molecule has 2 N–H and O–H groups in total. The van der Waals surface area contributed by atoms with Gasteiger partial charge in [-0.25, -0.2) is 4.79 Å². The van der Waals surface area contributed by atoms with Crippen molar-refractivity contribution < 1.29 is 4.79 Å². The molecular weight excluding hydrogens is 198 g/mol. The standard InChI is InChI=1S/C9H17N3OS/c1-2-14-8-4-7-12-9(13)11-6-3-5-10/h2-4,6-8H2,1H3,(H2,11,12,13). The molecule has 4 nitrogen and oxygen atoms in total. The maximum atomic E-state index is 11.0. The lowest BCUT2D eigenvalue weighted by atomic mass is 10.4. The first kappa shape index (κ1) is 13.1. The molecule has 0 aliphatic rings. The molecular formula is C9H17N3OS. The van der Waals surface area contributed by atoms with Crippen molar-refractivity contribution in [3.05, 3.63) is 0 Å². The number of hydrogen-bond donors (Lipinski definition) is 2. The SMILES string of the molecule is CCSCCCNC(=O)NCCC#N. The van der Waals surface area contributed by atoms with Gasteiger partial charge in [0.2, 0.25) is 0 Å². The molecule has 0 heterocycles. The van der Waals surface area contributed by atoms with Gasteiger partial charge in [0.25, 0.3) is 0 Å². The molecule has 0 unspecified atom stereocenters. The predicted molar refractivity (Wildman–Crippen MR) is 59.2 cm³/mol. The van der Waals surface area contributed by atoms with E-state index in [-0.39, 0.29) is 6.03 Å². The molecule has 0 aromatic rings. The van der Waals surface area contributed by atoms with Crippen LogP contribution in [0.2, 0.25) is 0 Å². The van der Waals surface area contributed by atoms with Gasteiger partial charge in [0.15, 0.2) is 0 Å².